The Bertz CT molecular complexity index is 485. The van der Waals surface area contributed by atoms with Gasteiger partial charge in [-0.3, -0.25) is 4.79 Å². The van der Waals surface area contributed by atoms with Crippen molar-refractivity contribution in [3.63, 3.8) is 0 Å². The lowest BCUT2D eigenvalue weighted by Crippen LogP contribution is -2.51. The Balaban J connectivity index is 1.84. The lowest BCUT2D eigenvalue weighted by Gasteiger charge is -2.33. The number of hydrogen-bond donors (Lipinski definition) is 2. The van der Waals surface area contributed by atoms with Gasteiger partial charge in [0.15, 0.2) is 0 Å². The van der Waals surface area contributed by atoms with Crippen LogP contribution in [0.1, 0.15) is 37.7 Å². The summed E-state index contributed by atoms with van der Waals surface area (Å²) in [6.45, 7) is 0.549. The first-order valence-electron chi connectivity index (χ1n) is 6.98. The molecule has 3 N–H and O–H groups in total. The molecule has 1 aliphatic rings. The molecule has 1 saturated carbocycles. The first kappa shape index (κ1) is 15.6. The van der Waals surface area contributed by atoms with Crippen LogP contribution in [0.5, 0.6) is 0 Å². The van der Waals surface area contributed by atoms with Crippen molar-refractivity contribution in [2.45, 2.75) is 44.1 Å². The van der Waals surface area contributed by atoms with E-state index in [1.54, 1.807) is 12.1 Å². The van der Waals surface area contributed by atoms with E-state index < -0.39 is 0 Å². The van der Waals surface area contributed by atoms with Crippen molar-refractivity contribution in [3.05, 3.63) is 33.8 Å². The van der Waals surface area contributed by atoms with Crippen LogP contribution in [0, 0.1) is 0 Å². The second-order valence-corrected chi connectivity index (χ2v) is 6.44. The highest BCUT2D eigenvalue weighted by atomic mass is 35.5. The highest BCUT2D eigenvalue weighted by Gasteiger charge is 2.27. The van der Waals surface area contributed by atoms with Crippen molar-refractivity contribution in [2.24, 2.45) is 5.73 Å². The lowest BCUT2D eigenvalue weighted by atomic mass is 9.82. The van der Waals surface area contributed by atoms with Crippen LogP contribution in [0.15, 0.2) is 18.2 Å². The number of nitrogens with two attached hydrogens (primary N) is 1. The average molecular weight is 315 g/mol. The minimum Gasteiger partial charge on any atom is -0.354 e. The fraction of sp³-hybridized carbons (Fsp3) is 0.533. The third-order valence-corrected chi connectivity index (χ3v) is 4.57. The summed E-state index contributed by atoms with van der Waals surface area (Å²) in [6.07, 6.45) is 5.82. The Labute approximate surface area is 129 Å². The quantitative estimate of drug-likeness (QED) is 0.895. The molecule has 1 amide bonds. The van der Waals surface area contributed by atoms with E-state index >= 15 is 0 Å². The Morgan fingerprint density at radius 2 is 1.90 bits per heavy atom. The van der Waals surface area contributed by atoms with Crippen LogP contribution >= 0.6 is 23.2 Å². The summed E-state index contributed by atoms with van der Waals surface area (Å²) < 4.78 is 0. The van der Waals surface area contributed by atoms with Crippen LogP contribution in [-0.2, 0) is 11.2 Å². The second-order valence-electron chi connectivity index (χ2n) is 5.63. The third kappa shape index (κ3) is 4.37. The van der Waals surface area contributed by atoms with Crippen molar-refractivity contribution < 1.29 is 4.79 Å². The van der Waals surface area contributed by atoms with Crippen molar-refractivity contribution in [1.82, 2.24) is 5.32 Å². The summed E-state index contributed by atoms with van der Waals surface area (Å²) in [7, 11) is 0. The fourth-order valence-corrected chi connectivity index (χ4v) is 2.93. The maximum atomic E-state index is 12.0. The summed E-state index contributed by atoms with van der Waals surface area (Å²) in [5.74, 6) is -0.0289. The maximum Gasteiger partial charge on any atom is 0.224 e. The van der Waals surface area contributed by atoms with Gasteiger partial charge in [-0.15, -0.1) is 0 Å². The van der Waals surface area contributed by atoms with E-state index in [2.05, 4.69) is 5.32 Å². The van der Waals surface area contributed by atoms with Crippen molar-refractivity contribution in [3.8, 4) is 0 Å². The molecule has 1 fully saturated rings. The molecular weight excluding hydrogens is 295 g/mol. The second kappa shape index (κ2) is 6.79. The monoisotopic (exact) mass is 314 g/mol. The van der Waals surface area contributed by atoms with Crippen LogP contribution in [-0.4, -0.2) is 18.0 Å². The Kier molecular flexibility index (Phi) is 5.30. The van der Waals surface area contributed by atoms with Crippen molar-refractivity contribution >= 4 is 29.1 Å². The molecule has 0 bridgehead atoms. The van der Waals surface area contributed by atoms with Crippen LogP contribution < -0.4 is 11.1 Å². The van der Waals surface area contributed by atoms with Gasteiger partial charge in [-0.1, -0.05) is 48.5 Å². The van der Waals surface area contributed by atoms with Gasteiger partial charge in [-0.05, 0) is 30.5 Å². The summed E-state index contributed by atoms with van der Waals surface area (Å²) >= 11 is 11.8. The van der Waals surface area contributed by atoms with E-state index in [9.17, 15) is 4.79 Å². The molecule has 3 nitrogen and oxygen atoms in total. The Morgan fingerprint density at radius 1 is 1.20 bits per heavy atom. The molecule has 20 heavy (non-hydrogen) atoms. The number of halogens is 2. The van der Waals surface area contributed by atoms with E-state index in [1.165, 1.54) is 6.42 Å². The van der Waals surface area contributed by atoms with E-state index in [-0.39, 0.29) is 11.4 Å². The first-order chi connectivity index (χ1) is 9.48. The first-order valence-corrected chi connectivity index (χ1v) is 7.74. The van der Waals surface area contributed by atoms with Crippen LogP contribution in [0.4, 0.5) is 0 Å². The van der Waals surface area contributed by atoms with Gasteiger partial charge in [-0.25, -0.2) is 0 Å². The molecular formula is C15H20Cl2N2O. The molecule has 0 aliphatic heterocycles. The highest BCUT2D eigenvalue weighted by molar-refractivity contribution is 6.42. The molecule has 110 valence electrons. The zero-order valence-corrected chi connectivity index (χ0v) is 12.9. The fourth-order valence-electron chi connectivity index (χ4n) is 2.60. The average Bonchev–Trinajstić information content (AvgIpc) is 2.42. The molecule has 1 aromatic carbocycles. The Morgan fingerprint density at radius 3 is 2.55 bits per heavy atom. The predicted molar refractivity (Wildman–Crippen MR) is 83.2 cm³/mol. The zero-order valence-electron chi connectivity index (χ0n) is 11.4. The van der Waals surface area contributed by atoms with E-state index in [0.29, 0.717) is 23.0 Å². The highest BCUT2D eigenvalue weighted by Crippen LogP contribution is 2.25. The number of carbonyl (C=O) groups excluding carboxylic acids is 1. The predicted octanol–water partition coefficient (Wildman–Crippen LogP) is 3.31. The molecule has 1 aliphatic carbocycles. The molecule has 0 radical (unpaired) electrons. The SMILES string of the molecule is NC1(CNC(=O)Cc2ccc(Cl)c(Cl)c2)CCCCC1. The summed E-state index contributed by atoms with van der Waals surface area (Å²) in [5.41, 5.74) is 6.91. The van der Waals surface area contributed by atoms with Gasteiger partial charge in [0.05, 0.1) is 16.5 Å². The molecule has 2 rings (SSSR count). The van der Waals surface area contributed by atoms with Gasteiger partial charge in [0.1, 0.15) is 0 Å². The normalized spacial score (nSPS) is 17.8. The van der Waals surface area contributed by atoms with E-state index in [4.69, 9.17) is 28.9 Å². The molecule has 5 heteroatoms. The summed E-state index contributed by atoms with van der Waals surface area (Å²) in [4.78, 5) is 12.0. The number of carbonyl (C=O) groups is 1. The molecule has 0 unspecified atom stereocenters. The number of nitrogens with one attached hydrogen (secondary N) is 1. The van der Waals surface area contributed by atoms with Crippen LogP contribution in [0.2, 0.25) is 10.0 Å². The number of hydrogen-bond acceptors (Lipinski definition) is 2. The smallest absolute Gasteiger partial charge is 0.224 e. The van der Waals surface area contributed by atoms with Gasteiger partial charge in [-0.2, -0.15) is 0 Å². The van der Waals surface area contributed by atoms with Gasteiger partial charge >= 0.3 is 0 Å². The van der Waals surface area contributed by atoms with Gasteiger partial charge in [0, 0.05) is 12.1 Å². The van der Waals surface area contributed by atoms with Crippen LogP contribution in [0.25, 0.3) is 0 Å². The molecule has 1 aromatic rings. The van der Waals surface area contributed by atoms with Gasteiger partial charge in [0.25, 0.3) is 0 Å². The minimum atomic E-state index is -0.231. The van der Waals surface area contributed by atoms with E-state index in [1.807, 2.05) is 6.07 Å². The molecule has 0 aromatic heterocycles. The molecule has 0 heterocycles. The maximum absolute atomic E-state index is 12.0. The Hall–Kier alpha value is -0.770. The molecule has 0 saturated heterocycles. The third-order valence-electron chi connectivity index (χ3n) is 3.84. The number of benzene rings is 1. The molecule has 0 spiro atoms. The van der Waals surface area contributed by atoms with Gasteiger partial charge in [0.2, 0.25) is 5.91 Å². The minimum absolute atomic E-state index is 0.0289. The summed E-state index contributed by atoms with van der Waals surface area (Å²) in [6, 6.07) is 5.24. The topological polar surface area (TPSA) is 55.1 Å². The lowest BCUT2D eigenvalue weighted by molar-refractivity contribution is -0.120. The van der Waals surface area contributed by atoms with Crippen LogP contribution in [0.3, 0.4) is 0 Å². The van der Waals surface area contributed by atoms with Crippen molar-refractivity contribution in [2.75, 3.05) is 6.54 Å². The summed E-state index contributed by atoms with van der Waals surface area (Å²) in [5, 5.41) is 3.91. The van der Waals surface area contributed by atoms with Crippen molar-refractivity contribution in [1.29, 1.82) is 0 Å². The standard InChI is InChI=1S/C15H20Cl2N2O/c16-12-5-4-11(8-13(12)17)9-14(20)19-10-15(18)6-2-1-3-7-15/h4-5,8H,1-3,6-7,9-10,18H2,(H,19,20). The largest absolute Gasteiger partial charge is 0.354 e. The van der Waals surface area contributed by atoms with Gasteiger partial charge < -0.3 is 11.1 Å². The zero-order chi connectivity index (χ0) is 14.6. The number of rotatable bonds is 4. The number of amides is 1. The van der Waals surface area contributed by atoms with E-state index in [0.717, 1.165) is 31.2 Å². The molecule has 0 atom stereocenters.